The fourth-order valence-electron chi connectivity index (χ4n) is 1.34. The van der Waals surface area contributed by atoms with Crippen LogP contribution >= 0.6 is 0 Å². The van der Waals surface area contributed by atoms with E-state index >= 15 is 0 Å². The van der Waals surface area contributed by atoms with E-state index in [9.17, 15) is 14.9 Å². The van der Waals surface area contributed by atoms with E-state index in [2.05, 4.69) is 0 Å². The van der Waals surface area contributed by atoms with Crippen molar-refractivity contribution < 1.29 is 14.5 Å². The average Bonchev–Trinajstić information content (AvgIpc) is 2.34. The van der Waals surface area contributed by atoms with Crippen LogP contribution in [0.15, 0.2) is 18.2 Å². The molecular weight excluding hydrogens is 238 g/mol. The molecule has 0 bridgehead atoms. The van der Waals surface area contributed by atoms with Crippen molar-refractivity contribution in [3.63, 3.8) is 0 Å². The van der Waals surface area contributed by atoms with Crippen LogP contribution in [0.1, 0.15) is 10.4 Å². The van der Waals surface area contributed by atoms with Gasteiger partial charge in [0.1, 0.15) is 6.61 Å². The minimum Gasteiger partial charge on any atom is -0.485 e. The van der Waals surface area contributed by atoms with Crippen LogP contribution in [0.2, 0.25) is 0 Å². The van der Waals surface area contributed by atoms with E-state index in [0.29, 0.717) is 5.56 Å². The zero-order valence-corrected chi connectivity index (χ0v) is 10.3. The van der Waals surface area contributed by atoms with E-state index in [1.165, 1.54) is 23.1 Å². The van der Waals surface area contributed by atoms with E-state index in [0.717, 1.165) is 0 Å². The van der Waals surface area contributed by atoms with Crippen LogP contribution in [0, 0.1) is 10.1 Å². The van der Waals surface area contributed by atoms with E-state index in [1.807, 2.05) is 0 Å². The molecule has 0 atom stereocenters. The van der Waals surface area contributed by atoms with Crippen LogP contribution in [0.25, 0.3) is 0 Å². The molecule has 0 saturated carbocycles. The van der Waals surface area contributed by atoms with Crippen molar-refractivity contribution in [2.75, 3.05) is 27.2 Å². The van der Waals surface area contributed by atoms with Gasteiger partial charge in [0.15, 0.2) is 5.75 Å². The molecule has 1 amide bonds. The Morgan fingerprint density at radius 2 is 2.17 bits per heavy atom. The Morgan fingerprint density at radius 3 is 2.67 bits per heavy atom. The molecule has 0 heterocycles. The second-order valence-electron chi connectivity index (χ2n) is 3.78. The van der Waals surface area contributed by atoms with E-state index in [1.54, 1.807) is 14.1 Å². The standard InChI is InChI=1S/C11H15N3O4/c1-13(2)11(15)8-3-4-9(14(16)17)10(7-8)18-6-5-12/h3-4,7H,5-6,12H2,1-2H3. The first-order valence-corrected chi connectivity index (χ1v) is 5.30. The van der Waals surface area contributed by atoms with Gasteiger partial charge in [0.2, 0.25) is 0 Å². The highest BCUT2D eigenvalue weighted by Gasteiger charge is 2.18. The number of nitrogens with zero attached hydrogens (tertiary/aromatic N) is 2. The lowest BCUT2D eigenvalue weighted by Crippen LogP contribution is -2.21. The average molecular weight is 253 g/mol. The summed E-state index contributed by atoms with van der Waals surface area (Å²) in [7, 11) is 3.20. The first-order chi connectivity index (χ1) is 8.47. The number of nitro groups is 1. The smallest absolute Gasteiger partial charge is 0.310 e. The van der Waals surface area contributed by atoms with Crippen molar-refractivity contribution in [1.29, 1.82) is 0 Å². The zero-order valence-electron chi connectivity index (χ0n) is 10.3. The molecule has 7 nitrogen and oxygen atoms in total. The van der Waals surface area contributed by atoms with Crippen molar-refractivity contribution >= 4 is 11.6 Å². The summed E-state index contributed by atoms with van der Waals surface area (Å²) >= 11 is 0. The largest absolute Gasteiger partial charge is 0.485 e. The summed E-state index contributed by atoms with van der Waals surface area (Å²) in [6.45, 7) is 0.392. The van der Waals surface area contributed by atoms with Gasteiger partial charge >= 0.3 is 5.69 Å². The summed E-state index contributed by atoms with van der Waals surface area (Å²) in [6.07, 6.45) is 0. The Hall–Kier alpha value is -2.15. The number of nitro benzene ring substituents is 1. The van der Waals surface area contributed by atoms with Crippen LogP contribution in [0.3, 0.4) is 0 Å². The quantitative estimate of drug-likeness (QED) is 0.613. The number of rotatable bonds is 5. The number of carbonyl (C=O) groups excluding carboxylic acids is 1. The van der Waals surface area contributed by atoms with E-state index < -0.39 is 4.92 Å². The summed E-state index contributed by atoms with van der Waals surface area (Å²) in [4.78, 5) is 23.3. The molecule has 0 aliphatic carbocycles. The molecule has 2 N–H and O–H groups in total. The number of amides is 1. The predicted molar refractivity (Wildman–Crippen MR) is 65.7 cm³/mol. The maximum Gasteiger partial charge on any atom is 0.310 e. The molecule has 0 fully saturated rings. The second kappa shape index (κ2) is 5.97. The Bertz CT molecular complexity index is 460. The summed E-state index contributed by atoms with van der Waals surface area (Å²) in [5.41, 5.74) is 5.43. The van der Waals surface area contributed by atoms with Crippen LogP contribution in [-0.2, 0) is 0 Å². The molecule has 0 unspecified atom stereocenters. The van der Waals surface area contributed by atoms with Crippen molar-refractivity contribution in [2.24, 2.45) is 5.73 Å². The number of hydrogen-bond acceptors (Lipinski definition) is 5. The topological polar surface area (TPSA) is 98.7 Å². The lowest BCUT2D eigenvalue weighted by Gasteiger charge is -2.11. The van der Waals surface area contributed by atoms with Crippen molar-refractivity contribution in [3.05, 3.63) is 33.9 Å². The van der Waals surface area contributed by atoms with Crippen LogP contribution in [0.4, 0.5) is 5.69 Å². The van der Waals surface area contributed by atoms with Crippen molar-refractivity contribution in [2.45, 2.75) is 0 Å². The molecular formula is C11H15N3O4. The van der Waals surface area contributed by atoms with Gasteiger partial charge in [-0.1, -0.05) is 0 Å². The van der Waals surface area contributed by atoms with Gasteiger partial charge in [0, 0.05) is 38.3 Å². The predicted octanol–water partition coefficient (Wildman–Crippen LogP) is 0.634. The van der Waals surface area contributed by atoms with Gasteiger partial charge in [-0.05, 0) is 6.07 Å². The molecule has 0 spiro atoms. The van der Waals surface area contributed by atoms with E-state index in [-0.39, 0.29) is 30.5 Å². The lowest BCUT2D eigenvalue weighted by atomic mass is 10.1. The minimum atomic E-state index is -0.560. The molecule has 0 saturated heterocycles. The minimum absolute atomic E-state index is 0.0538. The summed E-state index contributed by atoms with van der Waals surface area (Å²) < 4.78 is 5.18. The molecule has 1 rings (SSSR count). The second-order valence-corrected chi connectivity index (χ2v) is 3.78. The highest BCUT2D eigenvalue weighted by Crippen LogP contribution is 2.28. The third-order valence-electron chi connectivity index (χ3n) is 2.19. The third-order valence-corrected chi connectivity index (χ3v) is 2.19. The maximum atomic E-state index is 11.7. The molecule has 1 aromatic rings. The van der Waals surface area contributed by atoms with Gasteiger partial charge in [-0.15, -0.1) is 0 Å². The first-order valence-electron chi connectivity index (χ1n) is 5.30. The Kier molecular flexibility index (Phi) is 4.61. The van der Waals surface area contributed by atoms with Gasteiger partial charge in [-0.2, -0.15) is 0 Å². The Balaban J connectivity index is 3.12. The fraction of sp³-hybridized carbons (Fsp3) is 0.364. The molecule has 7 heteroatoms. The summed E-state index contributed by atoms with van der Waals surface area (Å²) in [6, 6.07) is 4.01. The van der Waals surface area contributed by atoms with Gasteiger partial charge in [0.25, 0.3) is 5.91 Å². The van der Waals surface area contributed by atoms with E-state index in [4.69, 9.17) is 10.5 Å². The zero-order chi connectivity index (χ0) is 13.7. The molecule has 1 aromatic carbocycles. The van der Waals surface area contributed by atoms with Gasteiger partial charge in [-0.25, -0.2) is 0 Å². The first kappa shape index (κ1) is 13.9. The van der Waals surface area contributed by atoms with Crippen molar-refractivity contribution in [3.8, 4) is 5.75 Å². The number of hydrogen-bond donors (Lipinski definition) is 1. The normalized spacial score (nSPS) is 9.94. The molecule has 0 aliphatic rings. The van der Waals surface area contributed by atoms with Gasteiger partial charge in [-0.3, -0.25) is 14.9 Å². The summed E-state index contributed by atoms with van der Waals surface area (Å²) in [5, 5.41) is 10.8. The van der Waals surface area contributed by atoms with Crippen LogP contribution < -0.4 is 10.5 Å². The number of ether oxygens (including phenoxy) is 1. The SMILES string of the molecule is CN(C)C(=O)c1ccc([N+](=O)[O-])c(OCCN)c1. The number of carbonyl (C=O) groups is 1. The highest BCUT2D eigenvalue weighted by atomic mass is 16.6. The molecule has 98 valence electrons. The fourth-order valence-corrected chi connectivity index (χ4v) is 1.34. The monoisotopic (exact) mass is 253 g/mol. The van der Waals surface area contributed by atoms with Crippen molar-refractivity contribution in [1.82, 2.24) is 4.90 Å². The number of benzene rings is 1. The highest BCUT2D eigenvalue weighted by molar-refractivity contribution is 5.94. The Labute approximate surface area is 104 Å². The Morgan fingerprint density at radius 1 is 1.50 bits per heavy atom. The lowest BCUT2D eigenvalue weighted by molar-refractivity contribution is -0.385. The summed E-state index contributed by atoms with van der Waals surface area (Å²) in [5.74, 6) is -0.194. The molecule has 18 heavy (non-hydrogen) atoms. The third kappa shape index (κ3) is 3.17. The maximum absolute atomic E-state index is 11.7. The van der Waals surface area contributed by atoms with Gasteiger partial charge < -0.3 is 15.4 Å². The molecule has 0 aliphatic heterocycles. The number of nitrogens with two attached hydrogens (primary N) is 1. The van der Waals surface area contributed by atoms with Crippen LogP contribution in [0.5, 0.6) is 5.75 Å². The molecule has 0 radical (unpaired) electrons. The van der Waals surface area contributed by atoms with Gasteiger partial charge in [0.05, 0.1) is 4.92 Å². The molecule has 0 aromatic heterocycles. The van der Waals surface area contributed by atoms with Crippen LogP contribution in [-0.4, -0.2) is 43.0 Å².